The Bertz CT molecular complexity index is 485. The fourth-order valence-corrected chi connectivity index (χ4v) is 1.50. The molecule has 0 amide bonds. The number of fused-ring (bicyclic) bond motifs is 1. The summed E-state index contributed by atoms with van der Waals surface area (Å²) in [5.41, 5.74) is 1.10. The molecule has 0 unspecified atom stereocenters. The molecule has 0 spiro atoms. The molecule has 0 saturated carbocycles. The van der Waals surface area contributed by atoms with Gasteiger partial charge in [0.15, 0.2) is 0 Å². The van der Waals surface area contributed by atoms with E-state index in [0.717, 1.165) is 23.1 Å². The first-order valence-electron chi connectivity index (χ1n) is 5.03. The van der Waals surface area contributed by atoms with Gasteiger partial charge in [0.05, 0.1) is 12.6 Å². The average Bonchev–Trinajstić information content (AvgIpc) is 2.68. The Labute approximate surface area is 89.0 Å². The van der Waals surface area contributed by atoms with Gasteiger partial charge >= 0.3 is 0 Å². The van der Waals surface area contributed by atoms with Crippen molar-refractivity contribution in [2.45, 2.75) is 13.3 Å². The van der Waals surface area contributed by atoms with Crippen LogP contribution in [0.15, 0.2) is 35.6 Å². The lowest BCUT2D eigenvalue weighted by atomic mass is 10.2. The summed E-state index contributed by atoms with van der Waals surface area (Å²) in [6.45, 7) is 2.07. The molecule has 0 bridgehead atoms. The molecule has 0 aliphatic heterocycles. The Kier molecular flexibility index (Phi) is 2.72. The summed E-state index contributed by atoms with van der Waals surface area (Å²) in [5.74, 6) is 0.875. The van der Waals surface area contributed by atoms with Crippen molar-refractivity contribution >= 4 is 17.1 Å². The van der Waals surface area contributed by atoms with Crippen molar-refractivity contribution in [3.8, 4) is 5.75 Å². The van der Waals surface area contributed by atoms with E-state index in [1.807, 2.05) is 41.4 Å². The van der Waals surface area contributed by atoms with E-state index in [-0.39, 0.29) is 0 Å². The number of hydrogen-bond donors (Lipinski definition) is 0. The quantitative estimate of drug-likeness (QED) is 0.703. The second-order valence-electron chi connectivity index (χ2n) is 3.29. The van der Waals surface area contributed by atoms with Gasteiger partial charge in [-0.05, 0) is 30.7 Å². The number of rotatable bonds is 3. The molecule has 0 atom stereocenters. The van der Waals surface area contributed by atoms with Crippen molar-refractivity contribution in [1.82, 2.24) is 4.68 Å². The maximum absolute atomic E-state index is 5.16. The number of aromatic nitrogens is 1. The molecular weight excluding hydrogens is 188 g/mol. The molecule has 15 heavy (non-hydrogen) atoms. The Morgan fingerprint density at radius 2 is 2.27 bits per heavy atom. The fourth-order valence-electron chi connectivity index (χ4n) is 1.50. The van der Waals surface area contributed by atoms with E-state index >= 15 is 0 Å². The number of nitrogens with zero attached hydrogens (tertiary/aromatic N) is 2. The Hall–Kier alpha value is -1.77. The summed E-state index contributed by atoms with van der Waals surface area (Å²) in [5, 5.41) is 5.46. The second-order valence-corrected chi connectivity index (χ2v) is 3.29. The van der Waals surface area contributed by atoms with Crippen molar-refractivity contribution in [2.75, 3.05) is 7.11 Å². The molecule has 2 rings (SSSR count). The normalized spacial score (nSPS) is 11.3. The van der Waals surface area contributed by atoms with Gasteiger partial charge in [-0.25, -0.2) is 4.68 Å². The van der Waals surface area contributed by atoms with Crippen LogP contribution in [-0.4, -0.2) is 18.0 Å². The van der Waals surface area contributed by atoms with Crippen molar-refractivity contribution in [3.63, 3.8) is 0 Å². The van der Waals surface area contributed by atoms with Gasteiger partial charge in [0.1, 0.15) is 5.75 Å². The van der Waals surface area contributed by atoms with Crippen LogP contribution in [0.4, 0.5) is 0 Å². The van der Waals surface area contributed by atoms with Crippen molar-refractivity contribution in [1.29, 1.82) is 0 Å². The lowest BCUT2D eigenvalue weighted by molar-refractivity contribution is 0.415. The van der Waals surface area contributed by atoms with Gasteiger partial charge in [-0.3, -0.25) is 0 Å². The summed E-state index contributed by atoms with van der Waals surface area (Å²) in [6.07, 6.45) is 4.79. The summed E-state index contributed by atoms with van der Waals surface area (Å²) in [7, 11) is 1.67. The van der Waals surface area contributed by atoms with E-state index in [1.54, 1.807) is 7.11 Å². The zero-order chi connectivity index (χ0) is 10.7. The molecule has 0 saturated heterocycles. The molecule has 0 radical (unpaired) electrons. The highest BCUT2D eigenvalue weighted by molar-refractivity contribution is 5.82. The topological polar surface area (TPSA) is 26.5 Å². The molecular formula is C12H14N2O. The molecule has 3 nitrogen and oxygen atoms in total. The lowest BCUT2D eigenvalue weighted by Gasteiger charge is -2.00. The first-order valence-corrected chi connectivity index (χ1v) is 5.03. The van der Waals surface area contributed by atoms with Crippen molar-refractivity contribution < 1.29 is 4.74 Å². The minimum Gasteiger partial charge on any atom is -0.497 e. The molecule has 0 fully saturated rings. The van der Waals surface area contributed by atoms with Crippen LogP contribution < -0.4 is 4.74 Å². The van der Waals surface area contributed by atoms with E-state index < -0.39 is 0 Å². The fraction of sp³-hybridized carbons (Fsp3) is 0.250. The maximum atomic E-state index is 5.16. The van der Waals surface area contributed by atoms with E-state index in [1.165, 1.54) is 0 Å². The molecule has 0 aliphatic carbocycles. The van der Waals surface area contributed by atoms with Gasteiger partial charge < -0.3 is 4.74 Å². The van der Waals surface area contributed by atoms with Crippen LogP contribution in [0.1, 0.15) is 13.3 Å². The maximum Gasteiger partial charge on any atom is 0.119 e. The van der Waals surface area contributed by atoms with E-state index in [4.69, 9.17) is 4.74 Å². The SMILES string of the molecule is CCC=Nn1ccc2cc(OC)ccc21. The van der Waals surface area contributed by atoms with Crippen LogP contribution in [0.5, 0.6) is 5.75 Å². The minimum atomic E-state index is 0.875. The van der Waals surface area contributed by atoms with Crippen LogP contribution in [-0.2, 0) is 0 Å². The van der Waals surface area contributed by atoms with Crippen LogP contribution in [0.25, 0.3) is 10.9 Å². The Morgan fingerprint density at radius 1 is 1.40 bits per heavy atom. The van der Waals surface area contributed by atoms with E-state index in [9.17, 15) is 0 Å². The van der Waals surface area contributed by atoms with E-state index in [2.05, 4.69) is 12.0 Å². The summed E-state index contributed by atoms with van der Waals surface area (Å²) in [4.78, 5) is 0. The van der Waals surface area contributed by atoms with E-state index in [0.29, 0.717) is 0 Å². The van der Waals surface area contributed by atoms with Crippen molar-refractivity contribution in [3.05, 3.63) is 30.5 Å². The highest BCUT2D eigenvalue weighted by Crippen LogP contribution is 2.21. The summed E-state index contributed by atoms with van der Waals surface area (Å²) < 4.78 is 7.04. The largest absolute Gasteiger partial charge is 0.497 e. The third kappa shape index (κ3) is 1.86. The lowest BCUT2D eigenvalue weighted by Crippen LogP contribution is -1.87. The predicted octanol–water partition coefficient (Wildman–Crippen LogP) is 2.89. The smallest absolute Gasteiger partial charge is 0.119 e. The molecule has 1 aromatic carbocycles. The highest BCUT2D eigenvalue weighted by Gasteiger charge is 2.00. The number of methoxy groups -OCH3 is 1. The first kappa shape index (κ1) is 9.77. The van der Waals surface area contributed by atoms with Crippen molar-refractivity contribution in [2.24, 2.45) is 5.10 Å². The summed E-state index contributed by atoms with van der Waals surface area (Å²) in [6, 6.07) is 8.00. The van der Waals surface area contributed by atoms with Gasteiger partial charge in [-0.2, -0.15) is 5.10 Å². The molecule has 0 aliphatic rings. The molecule has 1 aromatic heterocycles. The predicted molar refractivity (Wildman–Crippen MR) is 62.7 cm³/mol. The molecule has 2 aromatic rings. The third-order valence-electron chi connectivity index (χ3n) is 2.27. The zero-order valence-electron chi connectivity index (χ0n) is 8.97. The van der Waals surface area contributed by atoms with Gasteiger partial charge in [0, 0.05) is 17.8 Å². The van der Waals surface area contributed by atoms with Gasteiger partial charge in [0.2, 0.25) is 0 Å². The zero-order valence-corrected chi connectivity index (χ0v) is 8.97. The number of benzene rings is 1. The van der Waals surface area contributed by atoms with Gasteiger partial charge in [0.25, 0.3) is 0 Å². The monoisotopic (exact) mass is 202 g/mol. The summed E-state index contributed by atoms with van der Waals surface area (Å²) >= 11 is 0. The van der Waals surface area contributed by atoms with Crippen LogP contribution in [0, 0.1) is 0 Å². The molecule has 0 N–H and O–H groups in total. The van der Waals surface area contributed by atoms with Gasteiger partial charge in [-0.1, -0.05) is 6.92 Å². The van der Waals surface area contributed by atoms with Crippen LogP contribution >= 0.6 is 0 Å². The third-order valence-corrected chi connectivity index (χ3v) is 2.27. The molecule has 1 heterocycles. The van der Waals surface area contributed by atoms with Crippen LogP contribution in [0.2, 0.25) is 0 Å². The highest BCUT2D eigenvalue weighted by atomic mass is 16.5. The standard InChI is InChI=1S/C12H14N2O/c1-3-7-13-14-8-6-10-9-11(15-2)4-5-12(10)14/h4-9H,3H2,1-2H3. The second kappa shape index (κ2) is 4.17. The molecule has 3 heteroatoms. The van der Waals surface area contributed by atoms with Gasteiger partial charge in [-0.15, -0.1) is 0 Å². The first-order chi connectivity index (χ1) is 7.35. The Morgan fingerprint density at radius 3 is 3.00 bits per heavy atom. The average molecular weight is 202 g/mol. The number of ether oxygens (including phenoxy) is 1. The molecule has 78 valence electrons. The van der Waals surface area contributed by atoms with Crippen LogP contribution in [0.3, 0.4) is 0 Å². The Balaban J connectivity index is 2.47. The minimum absolute atomic E-state index is 0.875. The number of hydrogen-bond acceptors (Lipinski definition) is 2.